The van der Waals surface area contributed by atoms with Crippen LogP contribution in [0.5, 0.6) is 5.75 Å². The van der Waals surface area contributed by atoms with Gasteiger partial charge in [0.15, 0.2) is 0 Å². The van der Waals surface area contributed by atoms with Crippen LogP contribution in [0, 0.1) is 0 Å². The first kappa shape index (κ1) is 13.9. The summed E-state index contributed by atoms with van der Waals surface area (Å²) in [5, 5.41) is 9.19. The molecule has 2 rings (SSSR count). The van der Waals surface area contributed by atoms with Crippen molar-refractivity contribution in [3.63, 3.8) is 0 Å². The first-order valence-electron chi connectivity index (χ1n) is 6.28. The summed E-state index contributed by atoms with van der Waals surface area (Å²) in [6, 6.07) is 14.7. The summed E-state index contributed by atoms with van der Waals surface area (Å²) in [5.74, 6) is -0.125. The van der Waals surface area contributed by atoms with Crippen LogP contribution in [0.3, 0.4) is 0 Å². The second-order valence-corrected chi connectivity index (χ2v) is 4.52. The van der Waals surface area contributed by atoms with Crippen molar-refractivity contribution in [1.82, 2.24) is 0 Å². The average Bonchev–Trinajstić information content (AvgIpc) is 2.47. The molecule has 0 aliphatic heterocycles. The number of anilines is 1. The number of carboxylic acid groups (broad SMARTS) is 1. The molecule has 4 nitrogen and oxygen atoms in total. The zero-order valence-electron chi connectivity index (χ0n) is 11.5. The van der Waals surface area contributed by atoms with Crippen molar-refractivity contribution in [1.29, 1.82) is 0 Å². The molecule has 104 valence electrons. The van der Waals surface area contributed by atoms with E-state index >= 15 is 0 Å². The number of carboxylic acids is 1. The molecule has 2 aromatic rings. The van der Waals surface area contributed by atoms with Crippen LogP contribution in [0.1, 0.15) is 15.9 Å². The van der Waals surface area contributed by atoms with E-state index in [-0.39, 0.29) is 0 Å². The third-order valence-corrected chi connectivity index (χ3v) is 3.15. The first-order chi connectivity index (χ1) is 9.61. The van der Waals surface area contributed by atoms with Crippen molar-refractivity contribution in [2.75, 3.05) is 19.1 Å². The fourth-order valence-electron chi connectivity index (χ4n) is 2.06. The lowest BCUT2D eigenvalue weighted by molar-refractivity contribution is 0.0695. The molecule has 20 heavy (non-hydrogen) atoms. The maximum absolute atomic E-state index is 11.2. The molecule has 4 heteroatoms. The highest BCUT2D eigenvalue weighted by atomic mass is 16.5. The number of benzene rings is 2. The molecule has 2 aromatic carbocycles. The third kappa shape index (κ3) is 3.09. The second kappa shape index (κ2) is 6.10. The second-order valence-electron chi connectivity index (χ2n) is 4.52. The molecule has 0 bridgehead atoms. The summed E-state index contributed by atoms with van der Waals surface area (Å²) in [4.78, 5) is 13.2. The number of nitrogens with zero attached hydrogens (tertiary/aromatic N) is 1. The Balaban J connectivity index is 2.23. The van der Waals surface area contributed by atoms with Gasteiger partial charge < -0.3 is 14.7 Å². The molecular formula is C16H17NO3. The third-order valence-electron chi connectivity index (χ3n) is 3.15. The smallest absolute Gasteiger partial charge is 0.336 e. The van der Waals surface area contributed by atoms with Gasteiger partial charge in [0, 0.05) is 25.3 Å². The molecule has 0 heterocycles. The van der Waals surface area contributed by atoms with Crippen LogP contribution >= 0.6 is 0 Å². The molecule has 0 radical (unpaired) electrons. The van der Waals surface area contributed by atoms with Crippen LogP contribution in [-0.4, -0.2) is 25.2 Å². The molecule has 0 spiro atoms. The van der Waals surface area contributed by atoms with Gasteiger partial charge in [0.05, 0.1) is 12.7 Å². The summed E-state index contributed by atoms with van der Waals surface area (Å²) in [6.07, 6.45) is 0. The zero-order valence-corrected chi connectivity index (χ0v) is 11.5. The van der Waals surface area contributed by atoms with Crippen molar-refractivity contribution < 1.29 is 14.6 Å². The number of hydrogen-bond donors (Lipinski definition) is 1. The average molecular weight is 271 g/mol. The maximum Gasteiger partial charge on any atom is 0.336 e. The Hall–Kier alpha value is -2.49. The van der Waals surface area contributed by atoms with Gasteiger partial charge in [0.1, 0.15) is 5.75 Å². The maximum atomic E-state index is 11.2. The topological polar surface area (TPSA) is 49.8 Å². The molecule has 0 unspecified atom stereocenters. The van der Waals surface area contributed by atoms with E-state index in [4.69, 9.17) is 4.74 Å². The predicted octanol–water partition coefficient (Wildman–Crippen LogP) is 3.03. The van der Waals surface area contributed by atoms with Gasteiger partial charge in [-0.05, 0) is 23.8 Å². The Bertz CT molecular complexity index is 610. The minimum absolute atomic E-state index is 0.335. The van der Waals surface area contributed by atoms with Crippen molar-refractivity contribution in [3.05, 3.63) is 59.7 Å². The highest BCUT2D eigenvalue weighted by Crippen LogP contribution is 2.22. The summed E-state index contributed by atoms with van der Waals surface area (Å²) >= 11 is 0. The standard InChI is InChI=1S/C16H17NO3/c1-17(13-7-5-8-14(10-13)20-2)11-12-6-3-4-9-15(12)16(18)19/h3-10H,11H2,1-2H3,(H,18,19). The van der Waals surface area contributed by atoms with Crippen LogP contribution in [0.15, 0.2) is 48.5 Å². The fourth-order valence-corrected chi connectivity index (χ4v) is 2.06. The van der Waals surface area contributed by atoms with Gasteiger partial charge in [-0.3, -0.25) is 0 Å². The highest BCUT2D eigenvalue weighted by molar-refractivity contribution is 5.89. The van der Waals surface area contributed by atoms with E-state index < -0.39 is 5.97 Å². The predicted molar refractivity (Wildman–Crippen MR) is 78.5 cm³/mol. The van der Waals surface area contributed by atoms with Crippen LogP contribution in [0.25, 0.3) is 0 Å². The van der Waals surface area contributed by atoms with Gasteiger partial charge in [-0.25, -0.2) is 4.79 Å². The van der Waals surface area contributed by atoms with Gasteiger partial charge >= 0.3 is 5.97 Å². The summed E-state index contributed by atoms with van der Waals surface area (Å²) in [5.41, 5.74) is 2.09. The van der Waals surface area contributed by atoms with E-state index in [0.29, 0.717) is 12.1 Å². The quantitative estimate of drug-likeness (QED) is 0.908. The Labute approximate surface area is 118 Å². The molecule has 1 N–H and O–H groups in total. The fraction of sp³-hybridized carbons (Fsp3) is 0.188. The minimum atomic E-state index is -0.903. The van der Waals surface area contributed by atoms with Gasteiger partial charge in [-0.2, -0.15) is 0 Å². The monoisotopic (exact) mass is 271 g/mol. The van der Waals surface area contributed by atoms with Crippen LogP contribution in [0.2, 0.25) is 0 Å². The zero-order chi connectivity index (χ0) is 14.5. The van der Waals surface area contributed by atoms with Crippen LogP contribution < -0.4 is 9.64 Å². The van der Waals surface area contributed by atoms with E-state index in [9.17, 15) is 9.90 Å². The SMILES string of the molecule is COc1cccc(N(C)Cc2ccccc2C(=O)O)c1. The Morgan fingerprint density at radius 3 is 2.65 bits per heavy atom. The molecule has 0 atom stereocenters. The van der Waals surface area contributed by atoms with E-state index in [1.54, 1.807) is 19.2 Å². The van der Waals surface area contributed by atoms with E-state index in [2.05, 4.69) is 0 Å². The Morgan fingerprint density at radius 2 is 1.95 bits per heavy atom. The normalized spacial score (nSPS) is 10.1. The number of ether oxygens (including phenoxy) is 1. The van der Waals surface area contributed by atoms with Gasteiger partial charge in [0.2, 0.25) is 0 Å². The van der Waals surface area contributed by atoms with Gasteiger partial charge in [-0.1, -0.05) is 24.3 Å². The molecule has 0 aliphatic rings. The van der Waals surface area contributed by atoms with Gasteiger partial charge in [-0.15, -0.1) is 0 Å². The van der Waals surface area contributed by atoms with E-state index in [1.165, 1.54) is 0 Å². The molecule has 0 fully saturated rings. The summed E-state index contributed by atoms with van der Waals surface area (Å²) in [7, 11) is 3.55. The molecule has 0 saturated carbocycles. The summed E-state index contributed by atoms with van der Waals surface area (Å²) < 4.78 is 5.20. The number of carbonyl (C=O) groups is 1. The lowest BCUT2D eigenvalue weighted by Gasteiger charge is -2.21. The van der Waals surface area contributed by atoms with E-state index in [0.717, 1.165) is 17.0 Å². The van der Waals surface area contributed by atoms with Crippen molar-refractivity contribution in [2.45, 2.75) is 6.54 Å². The number of methoxy groups -OCH3 is 1. The number of aromatic carboxylic acids is 1. The first-order valence-corrected chi connectivity index (χ1v) is 6.28. The molecule has 0 saturated heterocycles. The van der Waals surface area contributed by atoms with Crippen molar-refractivity contribution >= 4 is 11.7 Å². The highest BCUT2D eigenvalue weighted by Gasteiger charge is 2.11. The lowest BCUT2D eigenvalue weighted by atomic mass is 10.1. The van der Waals surface area contributed by atoms with E-state index in [1.807, 2.05) is 48.3 Å². The molecule has 0 amide bonds. The largest absolute Gasteiger partial charge is 0.497 e. The Morgan fingerprint density at radius 1 is 1.20 bits per heavy atom. The summed E-state index contributed by atoms with van der Waals surface area (Å²) in [6.45, 7) is 0.523. The molecular weight excluding hydrogens is 254 g/mol. The minimum Gasteiger partial charge on any atom is -0.497 e. The number of hydrogen-bond acceptors (Lipinski definition) is 3. The van der Waals surface area contributed by atoms with Crippen LogP contribution in [0.4, 0.5) is 5.69 Å². The van der Waals surface area contributed by atoms with Crippen molar-refractivity contribution in [2.24, 2.45) is 0 Å². The van der Waals surface area contributed by atoms with Crippen LogP contribution in [-0.2, 0) is 6.54 Å². The number of rotatable bonds is 5. The Kier molecular flexibility index (Phi) is 4.25. The van der Waals surface area contributed by atoms with Gasteiger partial charge in [0.25, 0.3) is 0 Å². The molecule has 0 aliphatic carbocycles. The lowest BCUT2D eigenvalue weighted by Crippen LogP contribution is -2.18. The van der Waals surface area contributed by atoms with Crippen molar-refractivity contribution in [3.8, 4) is 5.75 Å². The molecule has 0 aromatic heterocycles.